The predicted octanol–water partition coefficient (Wildman–Crippen LogP) is 7.44. The Hall–Kier alpha value is -3.47. The fourth-order valence-electron chi connectivity index (χ4n) is 5.32. The van der Waals surface area contributed by atoms with Gasteiger partial charge in [0.1, 0.15) is 17.0 Å². The lowest BCUT2D eigenvalue weighted by Crippen LogP contribution is -2.35. The van der Waals surface area contributed by atoms with Gasteiger partial charge in [0.2, 0.25) is 0 Å². The number of aromatic nitrogens is 2. The monoisotopic (exact) mass is 614 g/mol. The fourth-order valence-corrected chi connectivity index (χ4v) is 7.14. The number of fused-ring (bicyclic) bond motifs is 1. The van der Waals surface area contributed by atoms with Crippen LogP contribution in [-0.2, 0) is 25.6 Å². The van der Waals surface area contributed by atoms with Crippen molar-refractivity contribution < 1.29 is 27.7 Å². The maximum absolute atomic E-state index is 14.8. The van der Waals surface area contributed by atoms with Crippen molar-refractivity contribution in [2.75, 3.05) is 13.1 Å². The van der Waals surface area contributed by atoms with Gasteiger partial charge < -0.3 is 18.9 Å². The number of halogens is 1. The number of pyridine rings is 1. The first-order chi connectivity index (χ1) is 19.9. The van der Waals surface area contributed by atoms with Gasteiger partial charge in [0.05, 0.1) is 32.0 Å². The summed E-state index contributed by atoms with van der Waals surface area (Å²) in [5.74, 6) is -0.389. The highest BCUT2D eigenvalue weighted by Gasteiger charge is 2.32. The normalized spacial score (nSPS) is 17.3. The van der Waals surface area contributed by atoms with Gasteiger partial charge in [0.15, 0.2) is 0 Å². The summed E-state index contributed by atoms with van der Waals surface area (Å²) in [6.45, 7) is 17.2. The summed E-state index contributed by atoms with van der Waals surface area (Å²) in [4.78, 5) is 31.7. The van der Waals surface area contributed by atoms with E-state index >= 15 is 0 Å². The second-order valence-corrected chi connectivity index (χ2v) is 16.2. The third-order valence-corrected chi connectivity index (χ3v) is 9.82. The number of nitrogens with zero attached hydrogens (tertiary/aromatic N) is 4. The Morgan fingerprint density at radius 3 is 2.42 bits per heavy atom. The molecular weight excluding hydrogens is 571 g/mol. The number of benzene rings is 1. The Balaban J connectivity index is 1.80. The molecule has 11 heteroatoms. The molecule has 43 heavy (non-hydrogen) atoms. The minimum absolute atomic E-state index is 0.107. The van der Waals surface area contributed by atoms with E-state index < -0.39 is 38.1 Å². The van der Waals surface area contributed by atoms with Crippen molar-refractivity contribution in [1.82, 2.24) is 14.5 Å². The van der Waals surface area contributed by atoms with Crippen LogP contribution in [0, 0.1) is 18.7 Å². The smallest absolute Gasteiger partial charge is 0.442 e. The third-order valence-electron chi connectivity index (χ3n) is 7.17. The van der Waals surface area contributed by atoms with Crippen molar-refractivity contribution in [3.05, 3.63) is 53.7 Å². The van der Waals surface area contributed by atoms with E-state index in [9.17, 15) is 18.2 Å². The molecule has 2 amide bonds. The second-order valence-electron chi connectivity index (χ2n) is 13.5. The van der Waals surface area contributed by atoms with Crippen LogP contribution in [0.4, 0.5) is 14.0 Å². The molecule has 1 fully saturated rings. The molecule has 1 aliphatic heterocycles. The largest absolute Gasteiger partial charge is 0.444 e. The van der Waals surface area contributed by atoms with Gasteiger partial charge in [-0.05, 0) is 110 Å². The zero-order valence-corrected chi connectivity index (χ0v) is 27.4. The van der Waals surface area contributed by atoms with Crippen LogP contribution in [0.5, 0.6) is 0 Å². The molecule has 4 rings (SSSR count). The second kappa shape index (κ2) is 11.9. The van der Waals surface area contributed by atoms with Gasteiger partial charge in [-0.2, -0.15) is 0 Å². The van der Waals surface area contributed by atoms with E-state index in [0.29, 0.717) is 25.2 Å². The number of ether oxygens (including phenoxy) is 2. The van der Waals surface area contributed by atoms with E-state index in [2.05, 4.69) is 9.35 Å². The Morgan fingerprint density at radius 2 is 1.79 bits per heavy atom. The first kappa shape index (κ1) is 32.4. The van der Waals surface area contributed by atoms with Crippen molar-refractivity contribution in [2.24, 2.45) is 10.3 Å². The molecule has 0 N–H and O–H groups in total. The minimum atomic E-state index is -3.47. The summed E-state index contributed by atoms with van der Waals surface area (Å²) >= 11 is 0. The van der Waals surface area contributed by atoms with E-state index in [-0.39, 0.29) is 16.9 Å². The van der Waals surface area contributed by atoms with Gasteiger partial charge in [-0.15, -0.1) is 4.36 Å². The number of rotatable bonds is 5. The molecule has 234 valence electrons. The topological polar surface area (TPSA) is 103 Å². The highest BCUT2D eigenvalue weighted by molar-refractivity contribution is 7.94. The number of aryl methyl sites for hydroxylation is 1. The van der Waals surface area contributed by atoms with Crippen LogP contribution in [0.3, 0.4) is 0 Å². The quantitative estimate of drug-likeness (QED) is 0.296. The molecule has 0 radical (unpaired) electrons. The third kappa shape index (κ3) is 7.37. The Bertz CT molecular complexity index is 1660. The summed E-state index contributed by atoms with van der Waals surface area (Å²) in [5, 5.41) is 0.361. The summed E-state index contributed by atoms with van der Waals surface area (Å²) in [6.07, 6.45) is 5.71. The minimum Gasteiger partial charge on any atom is -0.444 e. The van der Waals surface area contributed by atoms with Gasteiger partial charge in [-0.25, -0.2) is 18.2 Å². The molecule has 0 spiro atoms. The van der Waals surface area contributed by atoms with Gasteiger partial charge in [0, 0.05) is 36.1 Å². The number of likely N-dealkylation sites (tertiary alicyclic amines) is 1. The molecule has 2 atom stereocenters. The molecule has 3 aromatic rings. The highest BCUT2D eigenvalue weighted by atomic mass is 32.2. The fraction of sp³-hybridized carbons (Fsp3) is 0.531. The Labute approximate surface area is 253 Å². The van der Waals surface area contributed by atoms with Crippen LogP contribution < -0.4 is 0 Å². The molecule has 9 nitrogen and oxygen atoms in total. The van der Waals surface area contributed by atoms with Gasteiger partial charge >= 0.3 is 12.2 Å². The first-order valence-corrected chi connectivity index (χ1v) is 16.2. The molecule has 1 aromatic carbocycles. The number of hydrogen-bond donors (Lipinski definition) is 0. The van der Waals surface area contributed by atoms with Gasteiger partial charge in [0.25, 0.3) is 0 Å². The number of hydrogen-bond acceptors (Lipinski definition) is 6. The van der Waals surface area contributed by atoms with Gasteiger partial charge in [-0.3, -0.25) is 4.98 Å². The maximum atomic E-state index is 14.8. The number of amides is 2. The van der Waals surface area contributed by atoms with Crippen LogP contribution >= 0.6 is 0 Å². The van der Waals surface area contributed by atoms with Crippen LogP contribution in [0.25, 0.3) is 16.6 Å². The Morgan fingerprint density at radius 1 is 1.12 bits per heavy atom. The van der Waals surface area contributed by atoms with E-state index in [0.717, 1.165) is 28.5 Å². The summed E-state index contributed by atoms with van der Waals surface area (Å²) in [5.41, 5.74) is 1.78. The number of carbonyl (C=O) groups excluding carboxylic acids is 2. The van der Waals surface area contributed by atoms with E-state index in [1.807, 2.05) is 38.5 Å². The molecule has 0 aliphatic carbocycles. The van der Waals surface area contributed by atoms with E-state index in [4.69, 9.17) is 9.47 Å². The average Bonchev–Trinajstić information content (AvgIpc) is 3.47. The lowest BCUT2D eigenvalue weighted by atomic mass is 9.97. The molecule has 1 saturated heterocycles. The van der Waals surface area contributed by atoms with Crippen LogP contribution in [-0.4, -0.2) is 60.4 Å². The number of carbonyl (C=O) groups is 2. The zero-order chi connectivity index (χ0) is 31.9. The van der Waals surface area contributed by atoms with Crippen molar-refractivity contribution in [3.63, 3.8) is 0 Å². The maximum Gasteiger partial charge on any atom is 0.442 e. The van der Waals surface area contributed by atoms with Crippen LogP contribution in [0.1, 0.15) is 72.9 Å². The molecule has 2 aromatic heterocycles. The summed E-state index contributed by atoms with van der Waals surface area (Å²) in [6, 6.07) is 4.05. The summed E-state index contributed by atoms with van der Waals surface area (Å²) < 4.78 is 46.1. The van der Waals surface area contributed by atoms with Crippen molar-refractivity contribution in [3.8, 4) is 5.69 Å². The van der Waals surface area contributed by atoms with Gasteiger partial charge in [-0.1, -0.05) is 0 Å². The summed E-state index contributed by atoms with van der Waals surface area (Å²) in [7, 11) is -3.47. The molecule has 0 saturated carbocycles. The predicted molar refractivity (Wildman–Crippen MR) is 166 cm³/mol. The molecule has 1 unspecified atom stereocenters. The highest BCUT2D eigenvalue weighted by Crippen LogP contribution is 2.35. The SMILES string of the molecule is Cc1cncc2c1c(C[C@@H]1CCN(C(=O)OC(C)(C)C)C1)cn2-c1ccc(F)cc1S(=O)(=NC(=O)OC(C)(C)C)C(C)C. The van der Waals surface area contributed by atoms with Crippen LogP contribution in [0.15, 0.2) is 46.0 Å². The molecular formula is C32H43FN4O5S. The molecule has 3 heterocycles. The lowest BCUT2D eigenvalue weighted by molar-refractivity contribution is 0.0288. The molecule has 0 bridgehead atoms. The zero-order valence-electron chi connectivity index (χ0n) is 26.6. The van der Waals surface area contributed by atoms with Crippen molar-refractivity contribution in [2.45, 2.75) is 96.5 Å². The van der Waals surface area contributed by atoms with Crippen molar-refractivity contribution >= 4 is 32.8 Å². The first-order valence-electron chi connectivity index (χ1n) is 14.6. The van der Waals surface area contributed by atoms with Crippen molar-refractivity contribution in [1.29, 1.82) is 0 Å². The average molecular weight is 615 g/mol. The van der Waals surface area contributed by atoms with E-state index in [1.54, 1.807) is 58.0 Å². The van der Waals surface area contributed by atoms with Crippen LogP contribution in [0.2, 0.25) is 0 Å². The standard InChI is InChI=1S/C32H43FN4O5S/c1-20(2)43(40,35-29(38)41-31(4,5)6)27-15-24(33)10-11-25(27)37-19-23(28-21(3)16-34-17-26(28)37)14-22-12-13-36(18-22)30(39)42-32(7,8)9/h10-11,15-17,19-20,22H,12-14,18H2,1-9H3/t22-,43?/m0/s1. The lowest BCUT2D eigenvalue weighted by Gasteiger charge is -2.24. The Kier molecular flexibility index (Phi) is 8.98. The van der Waals surface area contributed by atoms with E-state index in [1.165, 1.54) is 12.1 Å². The molecule has 1 aliphatic rings.